The molecule has 0 radical (unpaired) electrons. The van der Waals surface area contributed by atoms with Gasteiger partial charge in [-0.3, -0.25) is 11.3 Å². The fourth-order valence-corrected chi connectivity index (χ4v) is 1.85. The summed E-state index contributed by atoms with van der Waals surface area (Å²) in [5.74, 6) is 5.53. The lowest BCUT2D eigenvalue weighted by Gasteiger charge is -2.14. The maximum atomic E-state index is 10.8. The van der Waals surface area contributed by atoms with Gasteiger partial charge >= 0.3 is 0 Å². The van der Waals surface area contributed by atoms with Crippen molar-refractivity contribution in [2.75, 3.05) is 25.7 Å². The number of nitrogens with one attached hydrogen (secondary N) is 1. The molecule has 3 N–H and O–H groups in total. The lowest BCUT2D eigenvalue weighted by molar-refractivity contribution is 0.181. The summed E-state index contributed by atoms with van der Waals surface area (Å²) < 4.78 is 26.6. The smallest absolute Gasteiger partial charge is 0.147 e. The van der Waals surface area contributed by atoms with Gasteiger partial charge in [0.15, 0.2) is 0 Å². The second kappa shape index (κ2) is 7.17. The number of hydrazine groups is 1. The number of nitrogens with two attached hydrogens (primary N) is 1. The van der Waals surface area contributed by atoms with E-state index in [9.17, 15) is 8.42 Å². The monoisotopic (exact) mass is 224 g/mol. The molecule has 6 heteroatoms. The van der Waals surface area contributed by atoms with Crippen LogP contribution in [0.3, 0.4) is 0 Å². The van der Waals surface area contributed by atoms with E-state index in [-0.39, 0.29) is 11.8 Å². The van der Waals surface area contributed by atoms with Gasteiger partial charge in [0.05, 0.1) is 0 Å². The van der Waals surface area contributed by atoms with E-state index in [1.165, 1.54) is 6.26 Å². The summed E-state index contributed by atoms with van der Waals surface area (Å²) >= 11 is 0. The number of rotatable bonds is 8. The van der Waals surface area contributed by atoms with E-state index >= 15 is 0 Å². The summed E-state index contributed by atoms with van der Waals surface area (Å²) in [4.78, 5) is 0. The molecular formula is C8H20N2O3S. The molecule has 1 unspecified atom stereocenters. The number of methoxy groups -OCH3 is 1. The maximum Gasteiger partial charge on any atom is 0.147 e. The molecule has 5 nitrogen and oxygen atoms in total. The molecule has 0 aromatic carbocycles. The fourth-order valence-electron chi connectivity index (χ4n) is 1.16. The van der Waals surface area contributed by atoms with Gasteiger partial charge in [0.2, 0.25) is 0 Å². The summed E-state index contributed by atoms with van der Waals surface area (Å²) in [5.41, 5.74) is 2.65. The third kappa shape index (κ3) is 8.43. The van der Waals surface area contributed by atoms with Gasteiger partial charge in [0.25, 0.3) is 0 Å². The zero-order chi connectivity index (χ0) is 11.0. The maximum absolute atomic E-state index is 10.8. The van der Waals surface area contributed by atoms with Crippen LogP contribution in [0, 0.1) is 0 Å². The molecule has 0 aromatic rings. The minimum Gasteiger partial charge on any atom is -0.385 e. The molecule has 0 aromatic heterocycles. The molecule has 0 aliphatic rings. The second-order valence-electron chi connectivity index (χ2n) is 3.42. The van der Waals surface area contributed by atoms with E-state index in [1.807, 2.05) is 0 Å². The highest BCUT2D eigenvalue weighted by atomic mass is 32.2. The Balaban J connectivity index is 3.62. The Bertz CT molecular complexity index is 229. The third-order valence-corrected chi connectivity index (χ3v) is 3.00. The Labute approximate surface area is 85.9 Å². The van der Waals surface area contributed by atoms with Crippen LogP contribution in [0.1, 0.15) is 19.3 Å². The molecule has 0 saturated carbocycles. The fraction of sp³-hybridized carbons (Fsp3) is 1.00. The predicted octanol–water partition coefficient (Wildman–Crippen LogP) is -0.320. The highest BCUT2D eigenvalue weighted by Crippen LogP contribution is 2.03. The zero-order valence-electron chi connectivity index (χ0n) is 8.82. The van der Waals surface area contributed by atoms with E-state index in [0.29, 0.717) is 13.0 Å². The van der Waals surface area contributed by atoms with Crippen LogP contribution in [-0.2, 0) is 14.6 Å². The standard InChI is InChI=1S/C8H20N2O3S/c1-13-6-5-8(10-9)4-3-7-14(2,11)12/h8,10H,3-7,9H2,1-2H3. The molecule has 0 aliphatic heterocycles. The van der Waals surface area contributed by atoms with E-state index < -0.39 is 9.84 Å². The first-order valence-electron chi connectivity index (χ1n) is 4.62. The van der Waals surface area contributed by atoms with Crippen molar-refractivity contribution >= 4 is 9.84 Å². The highest BCUT2D eigenvalue weighted by molar-refractivity contribution is 7.90. The van der Waals surface area contributed by atoms with Crippen LogP contribution in [0.4, 0.5) is 0 Å². The summed E-state index contributed by atoms with van der Waals surface area (Å²) in [6.07, 6.45) is 3.44. The third-order valence-electron chi connectivity index (χ3n) is 1.97. The first kappa shape index (κ1) is 13.8. The van der Waals surface area contributed by atoms with Gasteiger partial charge in [0, 0.05) is 31.8 Å². The van der Waals surface area contributed by atoms with Gasteiger partial charge in [-0.1, -0.05) is 0 Å². The lowest BCUT2D eigenvalue weighted by atomic mass is 10.1. The molecule has 0 bridgehead atoms. The Morgan fingerprint density at radius 3 is 2.50 bits per heavy atom. The molecule has 0 aliphatic carbocycles. The Kier molecular flexibility index (Phi) is 7.08. The zero-order valence-corrected chi connectivity index (χ0v) is 9.64. The summed E-state index contributed by atoms with van der Waals surface area (Å²) in [6, 6.07) is 0.136. The van der Waals surface area contributed by atoms with Crippen molar-refractivity contribution in [1.29, 1.82) is 0 Å². The Hall–Kier alpha value is -0.170. The number of sulfone groups is 1. The number of hydrogen-bond acceptors (Lipinski definition) is 5. The molecule has 1 atom stereocenters. The van der Waals surface area contributed by atoms with Gasteiger partial charge < -0.3 is 4.74 Å². The van der Waals surface area contributed by atoms with Gasteiger partial charge in [-0.05, 0) is 19.3 Å². The minimum atomic E-state index is -2.85. The summed E-state index contributed by atoms with van der Waals surface area (Å²) in [6.45, 7) is 0.633. The van der Waals surface area contributed by atoms with Crippen LogP contribution in [-0.4, -0.2) is 40.2 Å². The molecular weight excluding hydrogens is 204 g/mol. The van der Waals surface area contributed by atoms with Crippen molar-refractivity contribution < 1.29 is 13.2 Å². The van der Waals surface area contributed by atoms with Crippen molar-refractivity contribution in [2.45, 2.75) is 25.3 Å². The summed E-state index contributed by atoms with van der Waals surface area (Å²) in [7, 11) is -1.22. The SMILES string of the molecule is COCCC(CCCS(C)(=O)=O)NN. The molecule has 0 heterocycles. The van der Waals surface area contributed by atoms with Crippen LogP contribution in [0.2, 0.25) is 0 Å². The van der Waals surface area contributed by atoms with Gasteiger partial charge in [-0.25, -0.2) is 8.42 Å². The summed E-state index contributed by atoms with van der Waals surface area (Å²) in [5, 5.41) is 0. The minimum absolute atomic E-state index is 0.136. The molecule has 86 valence electrons. The lowest BCUT2D eigenvalue weighted by Crippen LogP contribution is -2.36. The number of ether oxygens (including phenoxy) is 1. The molecule has 0 rings (SSSR count). The van der Waals surface area contributed by atoms with Crippen LogP contribution in [0.25, 0.3) is 0 Å². The number of hydrogen-bond donors (Lipinski definition) is 2. The first-order chi connectivity index (χ1) is 6.49. The van der Waals surface area contributed by atoms with Crippen molar-refractivity contribution in [3.8, 4) is 0 Å². The van der Waals surface area contributed by atoms with E-state index in [4.69, 9.17) is 10.6 Å². The quantitative estimate of drug-likeness (QED) is 0.436. The van der Waals surface area contributed by atoms with Crippen LogP contribution < -0.4 is 11.3 Å². The van der Waals surface area contributed by atoms with Crippen molar-refractivity contribution in [1.82, 2.24) is 5.43 Å². The largest absolute Gasteiger partial charge is 0.385 e. The van der Waals surface area contributed by atoms with Crippen molar-refractivity contribution in [3.05, 3.63) is 0 Å². The molecule has 14 heavy (non-hydrogen) atoms. The Morgan fingerprint density at radius 1 is 1.43 bits per heavy atom. The van der Waals surface area contributed by atoms with E-state index in [2.05, 4.69) is 5.43 Å². The highest BCUT2D eigenvalue weighted by Gasteiger charge is 2.08. The molecule has 0 fully saturated rings. The van der Waals surface area contributed by atoms with Gasteiger partial charge in [0.1, 0.15) is 9.84 Å². The van der Waals surface area contributed by atoms with Crippen LogP contribution >= 0.6 is 0 Å². The first-order valence-corrected chi connectivity index (χ1v) is 6.68. The topological polar surface area (TPSA) is 81.4 Å². The molecule has 0 saturated heterocycles. The van der Waals surface area contributed by atoms with Gasteiger partial charge in [-0.2, -0.15) is 0 Å². The van der Waals surface area contributed by atoms with Crippen molar-refractivity contribution in [3.63, 3.8) is 0 Å². The van der Waals surface area contributed by atoms with Crippen molar-refractivity contribution in [2.24, 2.45) is 5.84 Å². The second-order valence-corrected chi connectivity index (χ2v) is 5.68. The average molecular weight is 224 g/mol. The molecule has 0 amide bonds. The van der Waals surface area contributed by atoms with E-state index in [1.54, 1.807) is 7.11 Å². The normalized spacial score (nSPS) is 14.2. The predicted molar refractivity (Wildman–Crippen MR) is 56.5 cm³/mol. The van der Waals surface area contributed by atoms with Crippen LogP contribution in [0.5, 0.6) is 0 Å². The molecule has 0 spiro atoms. The Morgan fingerprint density at radius 2 is 2.07 bits per heavy atom. The van der Waals surface area contributed by atoms with E-state index in [0.717, 1.165) is 12.8 Å². The average Bonchev–Trinajstić information content (AvgIpc) is 2.09. The van der Waals surface area contributed by atoms with Crippen LogP contribution in [0.15, 0.2) is 0 Å². The van der Waals surface area contributed by atoms with Gasteiger partial charge in [-0.15, -0.1) is 0 Å².